The monoisotopic (exact) mass is 402 g/mol. The topological polar surface area (TPSA) is 79.2 Å². The first-order valence-electron chi connectivity index (χ1n) is 8.78. The normalized spacial score (nSPS) is 15.5. The van der Waals surface area contributed by atoms with Crippen molar-refractivity contribution in [2.24, 2.45) is 5.92 Å². The summed E-state index contributed by atoms with van der Waals surface area (Å²) in [5.41, 5.74) is 1.81. The number of fused-ring (bicyclic) bond motifs is 1. The van der Waals surface area contributed by atoms with Crippen LogP contribution in [0, 0.1) is 17.2 Å². The van der Waals surface area contributed by atoms with E-state index in [-0.39, 0.29) is 5.56 Å². The van der Waals surface area contributed by atoms with Crippen LogP contribution in [0.25, 0.3) is 0 Å². The van der Waals surface area contributed by atoms with Crippen molar-refractivity contribution in [1.29, 1.82) is 5.26 Å². The first kappa shape index (κ1) is 19.4. The minimum atomic E-state index is -0.519. The molecule has 0 unspecified atom stereocenters. The number of carbonyl (C=O) groups excluding carboxylic acids is 2. The lowest BCUT2D eigenvalue weighted by Gasteiger charge is -2.19. The van der Waals surface area contributed by atoms with E-state index in [9.17, 15) is 9.59 Å². The lowest BCUT2D eigenvalue weighted by molar-refractivity contribution is -0.119. The van der Waals surface area contributed by atoms with Crippen LogP contribution in [-0.2, 0) is 22.4 Å². The lowest BCUT2D eigenvalue weighted by atomic mass is 9.87. The van der Waals surface area contributed by atoms with Crippen LogP contribution in [0.4, 0.5) is 5.69 Å². The van der Waals surface area contributed by atoms with E-state index < -0.39 is 18.5 Å². The summed E-state index contributed by atoms with van der Waals surface area (Å²) < 4.78 is 5.14. The fraction of sp³-hybridized carbons (Fsp3) is 0.350. The zero-order valence-corrected chi connectivity index (χ0v) is 16.5. The highest BCUT2D eigenvalue weighted by Crippen LogP contribution is 2.33. The summed E-state index contributed by atoms with van der Waals surface area (Å²) in [5.74, 6) is -0.340. The van der Waals surface area contributed by atoms with Crippen molar-refractivity contribution in [3.8, 4) is 6.07 Å². The summed E-state index contributed by atoms with van der Waals surface area (Å²) in [5, 5.41) is 12.0. The Hall–Kier alpha value is -2.36. The Morgan fingerprint density at radius 2 is 2.22 bits per heavy atom. The van der Waals surface area contributed by atoms with Crippen molar-refractivity contribution < 1.29 is 14.3 Å². The van der Waals surface area contributed by atoms with E-state index in [2.05, 4.69) is 12.2 Å². The number of hydrogen-bond acceptors (Lipinski definition) is 5. The molecule has 5 nitrogen and oxygen atoms in total. The van der Waals surface area contributed by atoms with Crippen molar-refractivity contribution in [2.75, 3.05) is 11.9 Å². The van der Waals surface area contributed by atoms with Gasteiger partial charge in [-0.25, -0.2) is 4.79 Å². The number of nitrogens with zero attached hydrogens (tertiary/aromatic N) is 1. The number of halogens is 1. The SMILES string of the molecule is CC[C@@H]1CCc2sc(C(=O)OCC(=O)Nc3cc(Cl)ccc3C#N)cc2C1. The van der Waals surface area contributed by atoms with Gasteiger partial charge < -0.3 is 10.1 Å². The number of amides is 1. The van der Waals surface area contributed by atoms with Gasteiger partial charge in [0.2, 0.25) is 0 Å². The van der Waals surface area contributed by atoms with E-state index in [1.165, 1.54) is 33.9 Å². The van der Waals surface area contributed by atoms with Crippen molar-refractivity contribution in [2.45, 2.75) is 32.6 Å². The number of nitriles is 1. The molecule has 7 heteroatoms. The van der Waals surface area contributed by atoms with Crippen molar-refractivity contribution in [1.82, 2.24) is 0 Å². The highest BCUT2D eigenvalue weighted by molar-refractivity contribution is 7.14. The minimum Gasteiger partial charge on any atom is -0.451 e. The van der Waals surface area contributed by atoms with Crippen LogP contribution in [-0.4, -0.2) is 18.5 Å². The number of aryl methyl sites for hydroxylation is 1. The van der Waals surface area contributed by atoms with E-state index in [1.54, 1.807) is 6.07 Å². The number of thiophene rings is 1. The first-order valence-corrected chi connectivity index (χ1v) is 9.97. The van der Waals surface area contributed by atoms with E-state index in [1.807, 2.05) is 12.1 Å². The molecule has 1 aromatic carbocycles. The maximum atomic E-state index is 12.3. The van der Waals surface area contributed by atoms with Crippen LogP contribution in [0.3, 0.4) is 0 Å². The fourth-order valence-electron chi connectivity index (χ4n) is 3.15. The van der Waals surface area contributed by atoms with Gasteiger partial charge in [0.1, 0.15) is 10.9 Å². The zero-order valence-electron chi connectivity index (χ0n) is 14.9. The summed E-state index contributed by atoms with van der Waals surface area (Å²) in [6, 6.07) is 8.44. The number of nitrogens with one attached hydrogen (secondary N) is 1. The van der Waals surface area contributed by atoms with Crippen LogP contribution < -0.4 is 5.32 Å². The molecule has 1 amide bonds. The molecule has 0 fully saturated rings. The molecule has 0 spiro atoms. The number of anilines is 1. The molecule has 2 aromatic rings. The predicted octanol–water partition coefficient (Wildman–Crippen LogP) is 4.58. The van der Waals surface area contributed by atoms with Crippen LogP contribution in [0.5, 0.6) is 0 Å². The summed E-state index contributed by atoms with van der Waals surface area (Å²) in [7, 11) is 0. The standard InChI is InChI=1S/C20H19ClN2O3S/c1-2-12-3-6-17-14(7-12)8-18(27-17)20(25)26-11-19(24)23-16-9-15(21)5-4-13(16)10-22/h4-5,8-9,12H,2-3,6-7,11H2,1H3,(H,23,24)/t12-/m1/s1. The summed E-state index contributed by atoms with van der Waals surface area (Å²) >= 11 is 7.34. The van der Waals surface area contributed by atoms with Gasteiger partial charge >= 0.3 is 5.97 Å². The number of rotatable bonds is 5. The fourth-order valence-corrected chi connectivity index (χ4v) is 4.43. The third-order valence-electron chi connectivity index (χ3n) is 4.67. The lowest BCUT2D eigenvalue weighted by Crippen LogP contribution is -2.21. The molecule has 0 bridgehead atoms. The van der Waals surface area contributed by atoms with Crippen LogP contribution >= 0.6 is 22.9 Å². The molecule has 1 aromatic heterocycles. The summed E-state index contributed by atoms with van der Waals surface area (Å²) in [6.07, 6.45) is 4.30. The molecule has 0 saturated heterocycles. The quantitative estimate of drug-likeness (QED) is 0.742. The summed E-state index contributed by atoms with van der Waals surface area (Å²) in [4.78, 5) is 26.1. The van der Waals surface area contributed by atoms with Gasteiger partial charge in [-0.1, -0.05) is 24.9 Å². The van der Waals surface area contributed by atoms with Gasteiger partial charge in [0.05, 0.1) is 11.3 Å². The predicted molar refractivity (Wildman–Crippen MR) is 105 cm³/mol. The van der Waals surface area contributed by atoms with Gasteiger partial charge in [-0.15, -0.1) is 11.3 Å². The van der Waals surface area contributed by atoms with Crippen molar-refractivity contribution in [3.05, 3.63) is 50.2 Å². The first-order chi connectivity index (χ1) is 13.0. The molecule has 140 valence electrons. The van der Waals surface area contributed by atoms with E-state index in [0.29, 0.717) is 21.5 Å². The Morgan fingerprint density at radius 3 is 2.96 bits per heavy atom. The molecule has 27 heavy (non-hydrogen) atoms. The summed E-state index contributed by atoms with van der Waals surface area (Å²) in [6.45, 7) is 1.77. The molecule has 0 aliphatic heterocycles. The van der Waals surface area contributed by atoms with E-state index in [0.717, 1.165) is 25.7 Å². The van der Waals surface area contributed by atoms with Crippen LogP contribution in [0.1, 0.15) is 45.4 Å². The average molecular weight is 403 g/mol. The number of carbonyl (C=O) groups is 2. The van der Waals surface area contributed by atoms with Gasteiger partial charge in [0.25, 0.3) is 5.91 Å². The highest BCUT2D eigenvalue weighted by Gasteiger charge is 2.23. The second-order valence-corrected chi connectivity index (χ2v) is 8.08. The van der Waals surface area contributed by atoms with E-state index in [4.69, 9.17) is 21.6 Å². The van der Waals surface area contributed by atoms with Crippen molar-refractivity contribution >= 4 is 40.5 Å². The average Bonchev–Trinajstić information content (AvgIpc) is 3.09. The van der Waals surface area contributed by atoms with Gasteiger partial charge in [0.15, 0.2) is 6.61 Å². The number of benzene rings is 1. The molecule has 3 rings (SSSR count). The molecule has 1 aliphatic rings. The van der Waals surface area contributed by atoms with Gasteiger partial charge in [-0.2, -0.15) is 5.26 Å². The molecule has 1 N–H and O–H groups in total. The molecular formula is C20H19ClN2O3S. The second-order valence-electron chi connectivity index (χ2n) is 6.50. The number of hydrogen-bond donors (Lipinski definition) is 1. The third-order valence-corrected chi connectivity index (χ3v) is 6.13. The molecular weight excluding hydrogens is 384 g/mol. The Balaban J connectivity index is 1.58. The Morgan fingerprint density at radius 1 is 1.41 bits per heavy atom. The van der Waals surface area contributed by atoms with Gasteiger partial charge in [-0.3, -0.25) is 4.79 Å². The van der Waals surface area contributed by atoms with Gasteiger partial charge in [0, 0.05) is 9.90 Å². The Kier molecular flexibility index (Phi) is 6.15. The van der Waals surface area contributed by atoms with Crippen LogP contribution in [0.2, 0.25) is 5.02 Å². The molecule has 0 radical (unpaired) electrons. The van der Waals surface area contributed by atoms with E-state index >= 15 is 0 Å². The number of esters is 1. The maximum absolute atomic E-state index is 12.3. The van der Waals surface area contributed by atoms with Crippen molar-refractivity contribution in [3.63, 3.8) is 0 Å². The largest absolute Gasteiger partial charge is 0.451 e. The molecule has 1 atom stereocenters. The zero-order chi connectivity index (χ0) is 19.4. The minimum absolute atomic E-state index is 0.287. The van der Waals surface area contributed by atoms with Crippen LogP contribution in [0.15, 0.2) is 24.3 Å². The second kappa shape index (κ2) is 8.55. The Bertz CT molecular complexity index is 916. The number of ether oxygens (including phenoxy) is 1. The smallest absolute Gasteiger partial charge is 0.348 e. The Labute approximate surface area is 166 Å². The molecule has 0 saturated carbocycles. The molecule has 1 heterocycles. The maximum Gasteiger partial charge on any atom is 0.348 e. The molecule has 1 aliphatic carbocycles. The van der Waals surface area contributed by atoms with Gasteiger partial charge in [-0.05, 0) is 55.0 Å². The third kappa shape index (κ3) is 4.68. The highest BCUT2D eigenvalue weighted by atomic mass is 35.5.